The van der Waals surface area contributed by atoms with Crippen LogP contribution in [-0.2, 0) is 30.0 Å². The van der Waals surface area contributed by atoms with Gasteiger partial charge in [-0.25, -0.2) is 22.3 Å². The largest absolute Gasteiger partial charge is 0.465 e. The number of esters is 2. The number of anilines is 1. The summed E-state index contributed by atoms with van der Waals surface area (Å²) in [5, 5.41) is 2.73. The highest BCUT2D eigenvalue weighted by Crippen LogP contribution is 2.24. The average molecular weight is 489 g/mol. The van der Waals surface area contributed by atoms with Crippen LogP contribution < -0.4 is 5.32 Å². The molecule has 0 saturated carbocycles. The third-order valence-electron chi connectivity index (χ3n) is 5.69. The maximum atomic E-state index is 12.8. The standard InChI is InChI=1S/C24H28N2O7S/c1-16-5-4-6-17(11-16)15-34(30,31)26-9-7-18(8-10-26)22(27)25-21-13-19(23(28)32-2)12-20(14-21)24(29)33-3/h4-6,11-14,18H,7-10,15H2,1-3H3,(H,25,27). The molecule has 0 aliphatic carbocycles. The molecule has 0 radical (unpaired) electrons. The fourth-order valence-corrected chi connectivity index (χ4v) is 5.47. The van der Waals surface area contributed by atoms with E-state index in [0.717, 1.165) is 11.1 Å². The molecule has 182 valence electrons. The number of aryl methyl sites for hydroxylation is 1. The first-order valence-electron chi connectivity index (χ1n) is 10.8. The van der Waals surface area contributed by atoms with E-state index < -0.39 is 27.9 Å². The molecule has 0 atom stereocenters. The molecule has 1 saturated heterocycles. The predicted molar refractivity (Wildman–Crippen MR) is 126 cm³/mol. The summed E-state index contributed by atoms with van der Waals surface area (Å²) in [4.78, 5) is 36.7. The molecule has 2 aromatic rings. The quantitative estimate of drug-likeness (QED) is 0.595. The number of sulfonamides is 1. The van der Waals surface area contributed by atoms with E-state index in [2.05, 4.69) is 5.32 Å². The molecule has 3 rings (SSSR count). The van der Waals surface area contributed by atoms with Gasteiger partial charge in [0.25, 0.3) is 0 Å². The smallest absolute Gasteiger partial charge is 0.337 e. The number of ether oxygens (including phenoxy) is 2. The molecule has 10 heteroatoms. The predicted octanol–water partition coefficient (Wildman–Crippen LogP) is 2.75. The van der Waals surface area contributed by atoms with Gasteiger partial charge in [-0.05, 0) is 43.5 Å². The number of hydrogen-bond acceptors (Lipinski definition) is 7. The van der Waals surface area contributed by atoms with Gasteiger partial charge in [0, 0.05) is 24.7 Å². The molecule has 2 aromatic carbocycles. The molecule has 0 unspecified atom stereocenters. The van der Waals surface area contributed by atoms with E-state index in [1.54, 1.807) is 6.07 Å². The summed E-state index contributed by atoms with van der Waals surface area (Å²) in [6, 6.07) is 11.5. The van der Waals surface area contributed by atoms with Crippen molar-refractivity contribution in [3.05, 3.63) is 64.7 Å². The second kappa shape index (κ2) is 10.8. The molecule has 34 heavy (non-hydrogen) atoms. The first-order valence-corrected chi connectivity index (χ1v) is 12.4. The highest BCUT2D eigenvalue weighted by molar-refractivity contribution is 7.88. The van der Waals surface area contributed by atoms with Gasteiger partial charge in [0.15, 0.2) is 0 Å². The van der Waals surface area contributed by atoms with Gasteiger partial charge < -0.3 is 14.8 Å². The van der Waals surface area contributed by atoms with Crippen molar-refractivity contribution in [1.82, 2.24) is 4.31 Å². The van der Waals surface area contributed by atoms with E-state index >= 15 is 0 Å². The number of piperidine rings is 1. The van der Waals surface area contributed by atoms with Crippen molar-refractivity contribution < 1.29 is 32.3 Å². The number of nitrogens with zero attached hydrogens (tertiary/aromatic N) is 1. The molecule has 1 aliphatic heterocycles. The Morgan fingerprint density at radius 3 is 2.09 bits per heavy atom. The molecule has 0 bridgehead atoms. The van der Waals surface area contributed by atoms with Crippen molar-refractivity contribution in [3.8, 4) is 0 Å². The van der Waals surface area contributed by atoms with Crippen LogP contribution in [0.15, 0.2) is 42.5 Å². The lowest BCUT2D eigenvalue weighted by atomic mass is 9.97. The Kier molecular flexibility index (Phi) is 8.06. The van der Waals surface area contributed by atoms with Crippen LogP contribution in [0.4, 0.5) is 5.69 Å². The van der Waals surface area contributed by atoms with Gasteiger partial charge in [0.05, 0.1) is 31.1 Å². The topological polar surface area (TPSA) is 119 Å². The lowest BCUT2D eigenvalue weighted by molar-refractivity contribution is -0.120. The van der Waals surface area contributed by atoms with Crippen molar-refractivity contribution >= 4 is 33.6 Å². The highest BCUT2D eigenvalue weighted by Gasteiger charge is 2.31. The summed E-state index contributed by atoms with van der Waals surface area (Å²) in [6.45, 7) is 2.39. The zero-order valence-electron chi connectivity index (χ0n) is 19.4. The highest BCUT2D eigenvalue weighted by atomic mass is 32.2. The third kappa shape index (κ3) is 6.21. The Labute approximate surface area is 199 Å². The monoisotopic (exact) mass is 488 g/mol. The average Bonchev–Trinajstić information content (AvgIpc) is 2.82. The van der Waals surface area contributed by atoms with Crippen LogP contribution in [0, 0.1) is 12.8 Å². The van der Waals surface area contributed by atoms with Crippen LogP contribution in [0.25, 0.3) is 0 Å². The first kappa shape index (κ1) is 25.4. The van der Waals surface area contributed by atoms with E-state index in [1.807, 2.05) is 25.1 Å². The minimum Gasteiger partial charge on any atom is -0.465 e. The summed E-state index contributed by atoms with van der Waals surface area (Å²) >= 11 is 0. The fraction of sp³-hybridized carbons (Fsp3) is 0.375. The number of methoxy groups -OCH3 is 2. The van der Waals surface area contributed by atoms with Crippen LogP contribution >= 0.6 is 0 Å². The molecule has 1 aliphatic rings. The SMILES string of the molecule is COC(=O)c1cc(NC(=O)C2CCN(S(=O)(=O)Cc3cccc(C)c3)CC2)cc(C(=O)OC)c1. The molecular weight excluding hydrogens is 460 g/mol. The van der Waals surface area contributed by atoms with Gasteiger partial charge >= 0.3 is 11.9 Å². The second-order valence-electron chi connectivity index (χ2n) is 8.19. The summed E-state index contributed by atoms with van der Waals surface area (Å²) in [5.41, 5.74) is 2.17. The van der Waals surface area contributed by atoms with Crippen LogP contribution in [0.5, 0.6) is 0 Å². The van der Waals surface area contributed by atoms with E-state index in [-0.39, 0.29) is 41.6 Å². The van der Waals surface area contributed by atoms with Gasteiger partial charge in [0.2, 0.25) is 15.9 Å². The zero-order valence-corrected chi connectivity index (χ0v) is 20.2. The summed E-state index contributed by atoms with van der Waals surface area (Å²) < 4.78 is 36.5. The number of carbonyl (C=O) groups excluding carboxylic acids is 3. The number of nitrogens with one attached hydrogen (secondary N) is 1. The van der Waals surface area contributed by atoms with Gasteiger partial charge in [-0.3, -0.25) is 4.79 Å². The van der Waals surface area contributed by atoms with E-state index in [4.69, 9.17) is 9.47 Å². The van der Waals surface area contributed by atoms with Gasteiger partial charge in [0.1, 0.15) is 0 Å². The van der Waals surface area contributed by atoms with Crippen molar-refractivity contribution in [2.75, 3.05) is 32.6 Å². The third-order valence-corrected chi connectivity index (χ3v) is 7.54. The molecular formula is C24H28N2O7S. The Hall–Kier alpha value is -3.24. The molecule has 1 heterocycles. The normalized spacial score (nSPS) is 14.9. The number of hydrogen-bond donors (Lipinski definition) is 1. The number of carbonyl (C=O) groups is 3. The lowest BCUT2D eigenvalue weighted by Gasteiger charge is -2.30. The summed E-state index contributed by atoms with van der Waals surface area (Å²) in [5.74, 6) is -2.12. The van der Waals surface area contributed by atoms with Crippen LogP contribution in [-0.4, -0.2) is 57.9 Å². The van der Waals surface area contributed by atoms with Gasteiger partial charge in [-0.1, -0.05) is 29.8 Å². The van der Waals surface area contributed by atoms with Gasteiger partial charge in [-0.2, -0.15) is 0 Å². The van der Waals surface area contributed by atoms with Crippen molar-refractivity contribution in [3.63, 3.8) is 0 Å². The fourth-order valence-electron chi connectivity index (χ4n) is 3.92. The molecule has 1 amide bonds. The minimum atomic E-state index is -3.50. The number of amides is 1. The molecule has 1 N–H and O–H groups in total. The van der Waals surface area contributed by atoms with Crippen molar-refractivity contribution in [2.24, 2.45) is 5.92 Å². The Morgan fingerprint density at radius 1 is 0.971 bits per heavy atom. The number of benzene rings is 2. The van der Waals surface area contributed by atoms with Crippen molar-refractivity contribution in [2.45, 2.75) is 25.5 Å². The molecule has 1 fully saturated rings. The Morgan fingerprint density at radius 2 is 1.56 bits per heavy atom. The van der Waals surface area contributed by atoms with Crippen LogP contribution in [0.3, 0.4) is 0 Å². The van der Waals surface area contributed by atoms with E-state index in [9.17, 15) is 22.8 Å². The summed E-state index contributed by atoms with van der Waals surface area (Å²) in [6.07, 6.45) is 0.721. The Bertz CT molecular complexity index is 1150. The van der Waals surface area contributed by atoms with Crippen molar-refractivity contribution in [1.29, 1.82) is 0 Å². The molecule has 0 aromatic heterocycles. The second-order valence-corrected chi connectivity index (χ2v) is 10.2. The Balaban J connectivity index is 1.65. The molecule has 9 nitrogen and oxygen atoms in total. The van der Waals surface area contributed by atoms with Gasteiger partial charge in [-0.15, -0.1) is 0 Å². The maximum Gasteiger partial charge on any atom is 0.337 e. The van der Waals surface area contributed by atoms with E-state index in [0.29, 0.717) is 12.8 Å². The maximum absolute atomic E-state index is 12.8. The lowest BCUT2D eigenvalue weighted by Crippen LogP contribution is -2.41. The number of rotatable bonds is 7. The first-order chi connectivity index (χ1) is 16.1. The summed E-state index contributed by atoms with van der Waals surface area (Å²) in [7, 11) is -1.07. The van der Waals surface area contributed by atoms with Crippen LogP contribution in [0.1, 0.15) is 44.7 Å². The van der Waals surface area contributed by atoms with E-state index in [1.165, 1.54) is 36.7 Å². The zero-order chi connectivity index (χ0) is 24.9. The van der Waals surface area contributed by atoms with Crippen LogP contribution in [0.2, 0.25) is 0 Å². The molecule has 0 spiro atoms. The minimum absolute atomic E-state index is 0.0812.